The summed E-state index contributed by atoms with van der Waals surface area (Å²) in [6.45, 7) is 1.21. The van der Waals surface area contributed by atoms with Crippen LogP contribution >= 0.6 is 27.3 Å². The molecular formula is C21H19BrN2O3S. The van der Waals surface area contributed by atoms with Gasteiger partial charge >= 0.3 is 0 Å². The number of carbonyl (C=O) groups excluding carboxylic acids is 1. The molecule has 144 valence electrons. The molecular weight excluding hydrogens is 440 g/mol. The lowest BCUT2D eigenvalue weighted by atomic mass is 10.1. The maximum absolute atomic E-state index is 12.6. The number of rotatable bonds is 6. The van der Waals surface area contributed by atoms with Gasteiger partial charge in [0.15, 0.2) is 6.61 Å². The van der Waals surface area contributed by atoms with Gasteiger partial charge in [0.1, 0.15) is 5.75 Å². The van der Waals surface area contributed by atoms with Crippen molar-refractivity contribution in [1.29, 1.82) is 0 Å². The lowest BCUT2D eigenvalue weighted by Gasteiger charge is -2.30. The first-order valence-electron chi connectivity index (χ1n) is 8.89. The van der Waals surface area contributed by atoms with Crippen molar-refractivity contribution in [1.82, 2.24) is 4.98 Å². The van der Waals surface area contributed by atoms with Gasteiger partial charge in [-0.05, 0) is 35.9 Å². The lowest BCUT2D eigenvalue weighted by Crippen LogP contribution is -2.38. The van der Waals surface area contributed by atoms with E-state index in [2.05, 4.69) is 15.9 Å². The van der Waals surface area contributed by atoms with Crippen LogP contribution in [0.3, 0.4) is 0 Å². The van der Waals surface area contributed by atoms with E-state index in [1.165, 1.54) is 0 Å². The Hall–Kier alpha value is -2.22. The van der Waals surface area contributed by atoms with Crippen LogP contribution < -0.4 is 9.64 Å². The van der Waals surface area contributed by atoms with E-state index in [0.29, 0.717) is 13.2 Å². The van der Waals surface area contributed by atoms with Crippen molar-refractivity contribution in [3.05, 3.63) is 62.9 Å². The zero-order valence-electron chi connectivity index (χ0n) is 15.4. The van der Waals surface area contributed by atoms with Crippen LogP contribution in [0.4, 0.5) is 5.69 Å². The number of carbonyl (C=O) groups is 1. The molecule has 7 heteroatoms. The van der Waals surface area contributed by atoms with Crippen LogP contribution in [0.15, 0.2) is 52.3 Å². The summed E-state index contributed by atoms with van der Waals surface area (Å²) in [6, 6.07) is 13.9. The number of hydrogen-bond donors (Lipinski definition) is 0. The average molecular weight is 459 g/mol. The Kier molecular flexibility index (Phi) is 5.75. The van der Waals surface area contributed by atoms with Crippen molar-refractivity contribution < 1.29 is 14.3 Å². The van der Waals surface area contributed by atoms with Crippen molar-refractivity contribution in [3.63, 3.8) is 0 Å². The van der Waals surface area contributed by atoms with E-state index in [-0.39, 0.29) is 12.5 Å². The molecule has 28 heavy (non-hydrogen) atoms. The molecule has 1 aliphatic rings. The van der Waals surface area contributed by atoms with E-state index < -0.39 is 0 Å². The summed E-state index contributed by atoms with van der Waals surface area (Å²) in [5, 5.41) is 3.07. The number of amides is 1. The molecule has 2 aromatic carbocycles. The number of hydrogen-bond acceptors (Lipinski definition) is 5. The van der Waals surface area contributed by atoms with Crippen molar-refractivity contribution in [2.75, 3.05) is 25.2 Å². The highest BCUT2D eigenvalue weighted by atomic mass is 79.9. The summed E-state index contributed by atoms with van der Waals surface area (Å²) >= 11 is 5.07. The van der Waals surface area contributed by atoms with E-state index in [4.69, 9.17) is 14.5 Å². The molecule has 0 aliphatic carbocycles. The van der Waals surface area contributed by atoms with Crippen LogP contribution in [0, 0.1) is 0 Å². The number of thiazole rings is 1. The van der Waals surface area contributed by atoms with Gasteiger partial charge in [0, 0.05) is 28.9 Å². The first kappa shape index (κ1) is 19.1. The molecule has 4 rings (SSSR count). The summed E-state index contributed by atoms with van der Waals surface area (Å²) in [6.07, 6.45) is 0.795. The fourth-order valence-electron chi connectivity index (χ4n) is 3.05. The number of halogens is 1. The number of ether oxygens (including phenoxy) is 2. The van der Waals surface area contributed by atoms with Crippen molar-refractivity contribution in [2.24, 2.45) is 0 Å². The number of methoxy groups -OCH3 is 1. The minimum atomic E-state index is -0.0494. The van der Waals surface area contributed by atoms with Crippen LogP contribution in [-0.2, 0) is 22.5 Å². The number of aromatic nitrogens is 1. The zero-order chi connectivity index (χ0) is 19.5. The predicted molar refractivity (Wildman–Crippen MR) is 114 cm³/mol. The third-order valence-corrected chi connectivity index (χ3v) is 5.96. The molecule has 3 aromatic rings. The largest absolute Gasteiger partial charge is 0.482 e. The number of nitrogens with zero attached hydrogens (tertiary/aromatic N) is 2. The zero-order valence-corrected chi connectivity index (χ0v) is 17.8. The van der Waals surface area contributed by atoms with Gasteiger partial charge in [-0.1, -0.05) is 28.1 Å². The van der Waals surface area contributed by atoms with Crippen molar-refractivity contribution >= 4 is 38.9 Å². The second-order valence-electron chi connectivity index (χ2n) is 6.45. The summed E-state index contributed by atoms with van der Waals surface area (Å²) < 4.78 is 11.8. The highest BCUT2D eigenvalue weighted by Crippen LogP contribution is 2.37. The highest BCUT2D eigenvalue weighted by molar-refractivity contribution is 9.10. The molecule has 1 aliphatic heterocycles. The normalized spacial score (nSPS) is 13.4. The SMILES string of the molecule is COCCc1nc(-c2ccc3c(c2)N(Cc2ccc(Br)cc2)C(=O)CO3)cs1. The minimum Gasteiger partial charge on any atom is -0.482 e. The number of anilines is 1. The van der Waals surface area contributed by atoms with Crippen molar-refractivity contribution in [2.45, 2.75) is 13.0 Å². The van der Waals surface area contributed by atoms with Gasteiger partial charge in [0.2, 0.25) is 0 Å². The van der Waals surface area contributed by atoms with E-state index in [1.54, 1.807) is 23.3 Å². The summed E-state index contributed by atoms with van der Waals surface area (Å²) in [5.74, 6) is 0.668. The Morgan fingerprint density at radius 1 is 1.25 bits per heavy atom. The lowest BCUT2D eigenvalue weighted by molar-refractivity contribution is -0.121. The molecule has 0 saturated heterocycles. The molecule has 2 heterocycles. The molecule has 0 bridgehead atoms. The average Bonchev–Trinajstić information content (AvgIpc) is 3.19. The van der Waals surface area contributed by atoms with E-state index >= 15 is 0 Å². The first-order valence-corrected chi connectivity index (χ1v) is 10.6. The van der Waals surface area contributed by atoms with Crippen LogP contribution in [0.2, 0.25) is 0 Å². The van der Waals surface area contributed by atoms with Crippen LogP contribution in [0.25, 0.3) is 11.3 Å². The van der Waals surface area contributed by atoms with Crippen molar-refractivity contribution in [3.8, 4) is 17.0 Å². The topological polar surface area (TPSA) is 51.7 Å². The maximum atomic E-state index is 12.6. The summed E-state index contributed by atoms with van der Waals surface area (Å²) in [4.78, 5) is 19.0. The quantitative estimate of drug-likeness (QED) is 0.537. The third-order valence-electron chi connectivity index (χ3n) is 4.52. The Bertz CT molecular complexity index is 988. The van der Waals surface area contributed by atoms with Gasteiger partial charge in [-0.3, -0.25) is 4.79 Å². The first-order chi connectivity index (χ1) is 13.6. The van der Waals surface area contributed by atoms with Gasteiger partial charge in [-0.25, -0.2) is 4.98 Å². The maximum Gasteiger partial charge on any atom is 0.265 e. The van der Waals surface area contributed by atoms with E-state index in [0.717, 1.165) is 44.2 Å². The van der Waals surface area contributed by atoms with Gasteiger partial charge in [-0.2, -0.15) is 0 Å². The molecule has 1 amide bonds. The Balaban J connectivity index is 1.63. The van der Waals surface area contributed by atoms with Crippen LogP contribution in [0.1, 0.15) is 10.6 Å². The van der Waals surface area contributed by atoms with Gasteiger partial charge in [-0.15, -0.1) is 11.3 Å². The fraction of sp³-hybridized carbons (Fsp3) is 0.238. The smallest absolute Gasteiger partial charge is 0.265 e. The molecule has 0 unspecified atom stereocenters. The Morgan fingerprint density at radius 3 is 2.86 bits per heavy atom. The molecule has 0 atom stereocenters. The van der Waals surface area contributed by atoms with Gasteiger partial charge < -0.3 is 14.4 Å². The number of benzene rings is 2. The second kappa shape index (κ2) is 8.43. The second-order valence-corrected chi connectivity index (χ2v) is 8.31. The predicted octanol–water partition coefficient (Wildman–Crippen LogP) is 4.69. The molecule has 0 saturated carbocycles. The van der Waals surface area contributed by atoms with Gasteiger partial charge in [0.25, 0.3) is 5.91 Å². The fourth-order valence-corrected chi connectivity index (χ4v) is 4.11. The standard InChI is InChI=1S/C21H19BrN2O3S/c1-26-9-8-20-23-17(13-28-20)15-4-7-19-18(10-15)24(21(25)12-27-19)11-14-2-5-16(22)6-3-14/h2-7,10,13H,8-9,11-12H2,1H3. The minimum absolute atomic E-state index is 0.0494. The van der Waals surface area contributed by atoms with Gasteiger partial charge in [0.05, 0.1) is 29.5 Å². The molecule has 0 radical (unpaired) electrons. The highest BCUT2D eigenvalue weighted by Gasteiger charge is 2.26. The summed E-state index contributed by atoms with van der Waals surface area (Å²) in [5.41, 5.74) is 3.71. The van der Waals surface area contributed by atoms with E-state index in [9.17, 15) is 4.79 Å². The monoisotopic (exact) mass is 458 g/mol. The Labute approximate surface area is 176 Å². The number of fused-ring (bicyclic) bond motifs is 1. The summed E-state index contributed by atoms with van der Waals surface area (Å²) in [7, 11) is 1.69. The molecule has 0 N–H and O–H groups in total. The molecule has 0 fully saturated rings. The molecule has 5 nitrogen and oxygen atoms in total. The molecule has 1 aromatic heterocycles. The van der Waals surface area contributed by atoms with Crippen LogP contribution in [0.5, 0.6) is 5.75 Å². The third kappa shape index (κ3) is 4.11. The van der Waals surface area contributed by atoms with Crippen LogP contribution in [-0.4, -0.2) is 31.2 Å². The van der Waals surface area contributed by atoms with E-state index in [1.807, 2.05) is 47.8 Å². The Morgan fingerprint density at radius 2 is 2.07 bits per heavy atom. The molecule has 0 spiro atoms.